The molecule has 1 amide bonds. The Bertz CT molecular complexity index is 944. The number of hydrogen-bond donors (Lipinski definition) is 0. The molecule has 4 aliphatic rings. The van der Waals surface area contributed by atoms with E-state index in [1.54, 1.807) is 0 Å². The second-order valence-electron chi connectivity index (χ2n) is 10.0. The van der Waals surface area contributed by atoms with Gasteiger partial charge >= 0.3 is 0 Å². The van der Waals surface area contributed by atoms with Crippen LogP contribution in [0.2, 0.25) is 0 Å². The quantitative estimate of drug-likeness (QED) is 0.525. The normalized spacial score (nSPS) is 29.6. The first-order valence-corrected chi connectivity index (χ1v) is 12.4. The molecule has 3 atom stereocenters. The number of rotatable bonds is 4. The van der Waals surface area contributed by atoms with Crippen molar-refractivity contribution in [1.82, 2.24) is 9.80 Å². The molecule has 2 saturated heterocycles. The van der Waals surface area contributed by atoms with Crippen molar-refractivity contribution in [2.45, 2.75) is 70.4 Å². The molecule has 32 heavy (non-hydrogen) atoms. The van der Waals surface area contributed by atoms with Crippen LogP contribution in [0.4, 0.5) is 8.78 Å². The van der Waals surface area contributed by atoms with Gasteiger partial charge in [-0.1, -0.05) is 18.5 Å². The number of carbonyl (C=O) groups excluding carboxylic acids is 1. The molecule has 5 rings (SSSR count). The Morgan fingerprint density at radius 2 is 1.72 bits per heavy atom. The van der Waals surface area contributed by atoms with E-state index >= 15 is 0 Å². The van der Waals surface area contributed by atoms with Gasteiger partial charge in [0.2, 0.25) is 5.91 Å². The summed E-state index contributed by atoms with van der Waals surface area (Å²) >= 11 is 6.32. The number of allylic oxidation sites excluding steroid dienone is 4. The van der Waals surface area contributed by atoms with Gasteiger partial charge in [-0.2, -0.15) is 0 Å². The van der Waals surface area contributed by atoms with Crippen LogP contribution in [0.3, 0.4) is 0 Å². The molecule has 2 aliphatic carbocycles. The smallest absolute Gasteiger partial charge is 0.230 e. The molecular formula is C26H31ClF2N2O. The van der Waals surface area contributed by atoms with Gasteiger partial charge in [0.15, 0.2) is 0 Å². The molecule has 2 aliphatic heterocycles. The van der Waals surface area contributed by atoms with Crippen LogP contribution in [-0.2, 0) is 4.79 Å². The van der Waals surface area contributed by atoms with Crippen LogP contribution in [-0.4, -0.2) is 34.8 Å². The largest absolute Gasteiger partial charge is 0.363 e. The van der Waals surface area contributed by atoms with Crippen LogP contribution in [0.5, 0.6) is 0 Å². The summed E-state index contributed by atoms with van der Waals surface area (Å²) in [5.74, 6) is -0.629. The van der Waals surface area contributed by atoms with Crippen molar-refractivity contribution in [3.05, 3.63) is 58.3 Å². The zero-order valence-electron chi connectivity index (χ0n) is 18.6. The minimum atomic E-state index is -0.551. The Labute approximate surface area is 194 Å². The molecule has 0 bridgehead atoms. The molecule has 172 valence electrons. The van der Waals surface area contributed by atoms with Crippen LogP contribution in [0.15, 0.2) is 41.1 Å². The van der Waals surface area contributed by atoms with E-state index in [2.05, 4.69) is 17.9 Å². The predicted molar refractivity (Wildman–Crippen MR) is 122 cm³/mol. The molecule has 2 heterocycles. The van der Waals surface area contributed by atoms with Gasteiger partial charge in [0.1, 0.15) is 11.6 Å². The van der Waals surface area contributed by atoms with Crippen LogP contribution in [0.1, 0.15) is 69.9 Å². The lowest BCUT2D eigenvalue weighted by molar-refractivity contribution is -0.139. The van der Waals surface area contributed by atoms with Crippen molar-refractivity contribution in [1.29, 1.82) is 0 Å². The van der Waals surface area contributed by atoms with E-state index in [1.807, 2.05) is 11.0 Å². The second-order valence-corrected chi connectivity index (χ2v) is 10.5. The summed E-state index contributed by atoms with van der Waals surface area (Å²) in [4.78, 5) is 18.1. The number of nitrogens with zero attached hydrogens (tertiary/aromatic N) is 2. The molecule has 1 unspecified atom stereocenters. The third kappa shape index (κ3) is 3.87. The summed E-state index contributed by atoms with van der Waals surface area (Å²) in [5, 5.41) is 0.817. The van der Waals surface area contributed by atoms with Gasteiger partial charge in [0, 0.05) is 41.8 Å². The molecule has 6 heteroatoms. The molecule has 0 N–H and O–H groups in total. The minimum absolute atomic E-state index is 0.0413. The van der Waals surface area contributed by atoms with Gasteiger partial charge in [0.25, 0.3) is 0 Å². The summed E-state index contributed by atoms with van der Waals surface area (Å²) in [6.07, 6.45) is 11.4. The summed E-state index contributed by atoms with van der Waals surface area (Å²) in [5.41, 5.74) is 1.42. The van der Waals surface area contributed by atoms with Gasteiger partial charge in [-0.3, -0.25) is 4.79 Å². The summed E-state index contributed by atoms with van der Waals surface area (Å²) < 4.78 is 28.4. The summed E-state index contributed by atoms with van der Waals surface area (Å²) in [7, 11) is 0. The van der Waals surface area contributed by atoms with E-state index in [9.17, 15) is 13.6 Å². The standard InChI is InChI=1S/C26H31ClF2N2O/c1-17-13-19(27)7-8-22(17)31-23(18-14-20(28)16-21(29)15-18)5-4-6-24(31)26(9-10-26)25(32)30-11-2-3-12-30/h7-8,14-17,23-24H,2-6,9-13H2,1H3/t17-,23?,24-/m1/s1. The van der Waals surface area contributed by atoms with Gasteiger partial charge in [-0.25, -0.2) is 8.78 Å². The average Bonchev–Trinajstić information content (AvgIpc) is 3.38. The van der Waals surface area contributed by atoms with Crippen LogP contribution >= 0.6 is 11.6 Å². The molecule has 1 aromatic carbocycles. The van der Waals surface area contributed by atoms with Crippen LogP contribution < -0.4 is 0 Å². The SMILES string of the molecule is C[C@@H]1CC(Cl)=CC=C1N1C(c2cc(F)cc(F)c2)CCC[C@@H]1C1(C(=O)N2CCCC2)CC1. The fourth-order valence-electron chi connectivity index (χ4n) is 6.20. The second kappa shape index (κ2) is 8.48. The number of likely N-dealkylation sites (tertiary alicyclic amines) is 2. The molecule has 0 aromatic heterocycles. The summed E-state index contributed by atoms with van der Waals surface area (Å²) in [6, 6.07) is 3.74. The molecule has 3 fully saturated rings. The Morgan fingerprint density at radius 3 is 2.34 bits per heavy atom. The minimum Gasteiger partial charge on any atom is -0.363 e. The Morgan fingerprint density at radius 1 is 1.03 bits per heavy atom. The van der Waals surface area contributed by atoms with E-state index in [-0.39, 0.29) is 29.3 Å². The fraction of sp³-hybridized carbons (Fsp3) is 0.577. The number of hydrogen-bond acceptors (Lipinski definition) is 2. The predicted octanol–water partition coefficient (Wildman–Crippen LogP) is 6.31. The van der Waals surface area contributed by atoms with Gasteiger partial charge in [-0.15, -0.1) is 0 Å². The Balaban J connectivity index is 1.57. The van der Waals surface area contributed by atoms with Crippen molar-refractivity contribution < 1.29 is 13.6 Å². The fourth-order valence-corrected chi connectivity index (χ4v) is 6.50. The highest BCUT2D eigenvalue weighted by atomic mass is 35.5. The molecule has 1 aromatic rings. The van der Waals surface area contributed by atoms with Gasteiger partial charge in [0.05, 0.1) is 11.5 Å². The number of benzene rings is 1. The maximum atomic E-state index is 14.2. The van der Waals surface area contributed by atoms with E-state index in [0.29, 0.717) is 5.56 Å². The van der Waals surface area contributed by atoms with Crippen molar-refractivity contribution in [3.63, 3.8) is 0 Å². The van der Waals surface area contributed by atoms with Crippen molar-refractivity contribution in [2.75, 3.05) is 13.1 Å². The average molecular weight is 461 g/mol. The first-order chi connectivity index (χ1) is 15.4. The first kappa shape index (κ1) is 21.9. The highest BCUT2D eigenvalue weighted by Crippen LogP contribution is 2.58. The molecule has 3 nitrogen and oxygen atoms in total. The van der Waals surface area contributed by atoms with Gasteiger partial charge < -0.3 is 9.80 Å². The van der Waals surface area contributed by atoms with E-state index in [0.717, 1.165) is 81.3 Å². The van der Waals surface area contributed by atoms with Crippen LogP contribution in [0, 0.1) is 23.0 Å². The topological polar surface area (TPSA) is 23.6 Å². The summed E-state index contributed by atoms with van der Waals surface area (Å²) in [6.45, 7) is 3.85. The maximum absolute atomic E-state index is 14.2. The first-order valence-electron chi connectivity index (χ1n) is 12.0. The number of carbonyl (C=O) groups is 1. The molecule has 1 saturated carbocycles. The molecule has 0 radical (unpaired) electrons. The van der Waals surface area contributed by atoms with E-state index in [1.165, 1.54) is 12.1 Å². The van der Waals surface area contributed by atoms with Gasteiger partial charge in [-0.05, 0) is 81.2 Å². The lowest BCUT2D eigenvalue weighted by Gasteiger charge is -2.50. The zero-order chi connectivity index (χ0) is 22.5. The zero-order valence-corrected chi connectivity index (χ0v) is 19.4. The molecular weight excluding hydrogens is 430 g/mol. The van der Waals surface area contributed by atoms with Crippen molar-refractivity contribution in [2.24, 2.45) is 11.3 Å². The van der Waals surface area contributed by atoms with Crippen molar-refractivity contribution in [3.8, 4) is 0 Å². The van der Waals surface area contributed by atoms with Crippen LogP contribution in [0.25, 0.3) is 0 Å². The number of piperidine rings is 1. The lowest BCUT2D eigenvalue weighted by atomic mass is 9.79. The number of amides is 1. The third-order valence-corrected chi connectivity index (χ3v) is 8.16. The maximum Gasteiger partial charge on any atom is 0.230 e. The lowest BCUT2D eigenvalue weighted by Crippen LogP contribution is -2.52. The monoisotopic (exact) mass is 460 g/mol. The Kier molecular flexibility index (Phi) is 5.81. The highest BCUT2D eigenvalue weighted by Gasteiger charge is 2.60. The van der Waals surface area contributed by atoms with E-state index < -0.39 is 11.6 Å². The number of halogens is 3. The Hall–Kier alpha value is -1.88. The highest BCUT2D eigenvalue weighted by molar-refractivity contribution is 6.29. The molecule has 0 spiro atoms. The van der Waals surface area contributed by atoms with E-state index in [4.69, 9.17) is 11.6 Å². The third-order valence-electron chi connectivity index (χ3n) is 7.88. The van der Waals surface area contributed by atoms with Crippen molar-refractivity contribution >= 4 is 17.5 Å².